The van der Waals surface area contributed by atoms with Gasteiger partial charge in [-0.15, -0.1) is 0 Å². The molecule has 2 heterocycles. The van der Waals surface area contributed by atoms with Crippen molar-refractivity contribution in [2.75, 3.05) is 18.5 Å². The molecule has 0 aromatic carbocycles. The quantitative estimate of drug-likeness (QED) is 0.918. The molecular weight excluding hydrogens is 257 g/mol. The van der Waals surface area contributed by atoms with Crippen molar-refractivity contribution in [2.45, 2.75) is 32.0 Å². The highest BCUT2D eigenvalue weighted by atomic mass is 19.4. The van der Waals surface area contributed by atoms with Gasteiger partial charge in [-0.2, -0.15) is 13.2 Å². The monoisotopic (exact) mass is 274 g/mol. The summed E-state index contributed by atoms with van der Waals surface area (Å²) in [7, 11) is 0. The van der Waals surface area contributed by atoms with E-state index in [1.807, 2.05) is 6.92 Å². The van der Waals surface area contributed by atoms with Gasteiger partial charge >= 0.3 is 6.18 Å². The third-order valence-electron chi connectivity index (χ3n) is 3.45. The highest BCUT2D eigenvalue weighted by Gasteiger charge is 2.34. The van der Waals surface area contributed by atoms with Crippen LogP contribution in [0.3, 0.4) is 0 Å². The number of hydrogen-bond acceptors (Lipinski definition) is 3. The molecular formula is C13H17F3N2O. The fourth-order valence-corrected chi connectivity index (χ4v) is 2.30. The lowest BCUT2D eigenvalue weighted by Gasteiger charge is -2.29. The molecule has 1 aliphatic rings. The SMILES string of the molecule is CC(Nc1ncccc1C(F)(F)F)C1CCOCC1. The van der Waals surface area contributed by atoms with Crippen LogP contribution in [-0.2, 0) is 10.9 Å². The van der Waals surface area contributed by atoms with E-state index in [-0.39, 0.29) is 11.9 Å². The molecule has 6 heteroatoms. The van der Waals surface area contributed by atoms with E-state index in [1.165, 1.54) is 12.3 Å². The summed E-state index contributed by atoms with van der Waals surface area (Å²) in [6.45, 7) is 3.24. The molecule has 19 heavy (non-hydrogen) atoms. The number of hydrogen-bond donors (Lipinski definition) is 1. The zero-order valence-corrected chi connectivity index (χ0v) is 10.7. The fourth-order valence-electron chi connectivity index (χ4n) is 2.30. The molecule has 0 saturated carbocycles. The Morgan fingerprint density at radius 3 is 2.68 bits per heavy atom. The minimum atomic E-state index is -4.38. The van der Waals surface area contributed by atoms with Gasteiger partial charge in [0.15, 0.2) is 0 Å². The maximum atomic E-state index is 12.8. The molecule has 3 nitrogen and oxygen atoms in total. The van der Waals surface area contributed by atoms with E-state index < -0.39 is 11.7 Å². The molecule has 0 radical (unpaired) electrons. The summed E-state index contributed by atoms with van der Waals surface area (Å²) in [5, 5.41) is 2.90. The molecule has 0 aliphatic carbocycles. The number of nitrogens with one attached hydrogen (secondary N) is 1. The average molecular weight is 274 g/mol. The highest BCUT2D eigenvalue weighted by molar-refractivity contribution is 5.46. The summed E-state index contributed by atoms with van der Waals surface area (Å²) >= 11 is 0. The van der Waals surface area contributed by atoms with E-state index >= 15 is 0 Å². The first-order valence-electron chi connectivity index (χ1n) is 6.35. The second-order valence-corrected chi connectivity index (χ2v) is 4.78. The van der Waals surface area contributed by atoms with Crippen LogP contribution < -0.4 is 5.32 Å². The Kier molecular flexibility index (Phi) is 4.29. The van der Waals surface area contributed by atoms with E-state index in [0.717, 1.165) is 18.9 Å². The number of anilines is 1. The predicted molar refractivity (Wildman–Crippen MR) is 65.9 cm³/mol. The molecule has 2 rings (SSSR count). The van der Waals surface area contributed by atoms with Crippen molar-refractivity contribution >= 4 is 5.82 Å². The van der Waals surface area contributed by atoms with Crippen molar-refractivity contribution in [3.8, 4) is 0 Å². The van der Waals surface area contributed by atoms with Crippen LogP contribution in [0.25, 0.3) is 0 Å². The maximum absolute atomic E-state index is 12.8. The summed E-state index contributed by atoms with van der Waals surface area (Å²) in [4.78, 5) is 3.82. The number of halogens is 3. The van der Waals surface area contributed by atoms with Gasteiger partial charge in [-0.05, 0) is 37.8 Å². The van der Waals surface area contributed by atoms with E-state index in [1.54, 1.807) is 0 Å². The summed E-state index contributed by atoms with van der Waals surface area (Å²) < 4.78 is 43.8. The maximum Gasteiger partial charge on any atom is 0.419 e. The minimum absolute atomic E-state index is 0.0556. The van der Waals surface area contributed by atoms with Gasteiger partial charge in [0.25, 0.3) is 0 Å². The number of pyridine rings is 1. The summed E-state index contributed by atoms with van der Waals surface area (Å²) in [6.07, 6.45) is -1.29. The zero-order valence-electron chi connectivity index (χ0n) is 10.7. The first-order chi connectivity index (χ1) is 8.98. The van der Waals surface area contributed by atoms with Crippen molar-refractivity contribution in [3.05, 3.63) is 23.9 Å². The van der Waals surface area contributed by atoms with Crippen LogP contribution in [-0.4, -0.2) is 24.2 Å². The number of rotatable bonds is 3. The van der Waals surface area contributed by atoms with Crippen LogP contribution in [0, 0.1) is 5.92 Å². The Hall–Kier alpha value is -1.30. The van der Waals surface area contributed by atoms with E-state index in [4.69, 9.17) is 4.74 Å². The van der Waals surface area contributed by atoms with Gasteiger partial charge in [-0.3, -0.25) is 0 Å². The van der Waals surface area contributed by atoms with Crippen LogP contribution in [0.2, 0.25) is 0 Å². The molecule has 1 fully saturated rings. The van der Waals surface area contributed by atoms with Crippen molar-refractivity contribution in [1.29, 1.82) is 0 Å². The van der Waals surface area contributed by atoms with E-state index in [9.17, 15) is 13.2 Å². The first kappa shape index (κ1) is 14.1. The van der Waals surface area contributed by atoms with Crippen LogP contribution in [0.1, 0.15) is 25.3 Å². The average Bonchev–Trinajstić information content (AvgIpc) is 2.39. The minimum Gasteiger partial charge on any atom is -0.381 e. The summed E-state index contributed by atoms with van der Waals surface area (Å²) in [5.41, 5.74) is -0.714. The molecule has 106 valence electrons. The zero-order chi connectivity index (χ0) is 13.9. The molecule has 1 atom stereocenters. The smallest absolute Gasteiger partial charge is 0.381 e. The molecule has 1 unspecified atom stereocenters. The van der Waals surface area contributed by atoms with Crippen LogP contribution in [0.5, 0.6) is 0 Å². The molecule has 1 aromatic heterocycles. The Morgan fingerprint density at radius 2 is 2.05 bits per heavy atom. The number of alkyl halides is 3. The molecule has 0 amide bonds. The molecule has 1 aliphatic heterocycles. The van der Waals surface area contributed by atoms with Gasteiger partial charge < -0.3 is 10.1 Å². The fraction of sp³-hybridized carbons (Fsp3) is 0.615. The van der Waals surface area contributed by atoms with Crippen LogP contribution >= 0.6 is 0 Å². The van der Waals surface area contributed by atoms with Crippen LogP contribution in [0.4, 0.5) is 19.0 Å². The second-order valence-electron chi connectivity index (χ2n) is 4.78. The van der Waals surface area contributed by atoms with Gasteiger partial charge in [0, 0.05) is 25.5 Å². The Morgan fingerprint density at radius 1 is 1.37 bits per heavy atom. The normalized spacial score (nSPS) is 19.2. The van der Waals surface area contributed by atoms with Crippen molar-refractivity contribution in [1.82, 2.24) is 4.98 Å². The number of aromatic nitrogens is 1. The van der Waals surface area contributed by atoms with E-state index in [0.29, 0.717) is 19.1 Å². The molecule has 1 saturated heterocycles. The Balaban J connectivity index is 2.10. The predicted octanol–water partition coefficient (Wildman–Crippen LogP) is 3.33. The van der Waals surface area contributed by atoms with Crippen molar-refractivity contribution in [3.63, 3.8) is 0 Å². The van der Waals surface area contributed by atoms with Crippen LogP contribution in [0.15, 0.2) is 18.3 Å². The van der Waals surface area contributed by atoms with E-state index in [2.05, 4.69) is 10.3 Å². The Bertz CT molecular complexity index is 417. The molecule has 0 spiro atoms. The lowest BCUT2D eigenvalue weighted by Crippen LogP contribution is -2.32. The summed E-state index contributed by atoms with van der Waals surface area (Å²) in [5.74, 6) is 0.228. The lowest BCUT2D eigenvalue weighted by molar-refractivity contribution is -0.137. The number of ether oxygens (including phenoxy) is 1. The summed E-state index contributed by atoms with van der Waals surface area (Å²) in [6, 6.07) is 2.29. The van der Waals surface area contributed by atoms with Gasteiger partial charge in [-0.25, -0.2) is 4.98 Å². The number of nitrogens with zero attached hydrogens (tertiary/aromatic N) is 1. The lowest BCUT2D eigenvalue weighted by atomic mass is 9.93. The van der Waals surface area contributed by atoms with Crippen molar-refractivity contribution in [2.24, 2.45) is 5.92 Å². The van der Waals surface area contributed by atoms with Gasteiger partial charge in [0.2, 0.25) is 0 Å². The van der Waals surface area contributed by atoms with Gasteiger partial charge in [0.05, 0.1) is 5.56 Å². The molecule has 1 aromatic rings. The third kappa shape index (κ3) is 3.59. The standard InChI is InChI=1S/C13H17F3N2O/c1-9(10-4-7-19-8-5-10)18-12-11(13(14,15)16)3-2-6-17-12/h2-3,6,9-10H,4-5,7-8H2,1H3,(H,17,18). The van der Waals surface area contributed by atoms with Gasteiger partial charge in [-0.1, -0.05) is 0 Å². The molecule has 0 bridgehead atoms. The van der Waals surface area contributed by atoms with Crippen molar-refractivity contribution < 1.29 is 17.9 Å². The Labute approximate surface area is 110 Å². The second kappa shape index (κ2) is 5.77. The highest BCUT2D eigenvalue weighted by Crippen LogP contribution is 2.34. The first-order valence-corrected chi connectivity index (χ1v) is 6.35. The molecule has 1 N–H and O–H groups in total. The third-order valence-corrected chi connectivity index (χ3v) is 3.45. The van der Waals surface area contributed by atoms with Gasteiger partial charge in [0.1, 0.15) is 5.82 Å². The largest absolute Gasteiger partial charge is 0.419 e. The topological polar surface area (TPSA) is 34.2 Å².